The van der Waals surface area contributed by atoms with Crippen LogP contribution in [0.5, 0.6) is 0 Å². The van der Waals surface area contributed by atoms with Crippen molar-refractivity contribution in [3.8, 4) is 0 Å². The standard InChI is InChI=1S/C21H22N2O3/c1-14(24)15-8-10-17(11-9-15)22-21(26)18-12-13-19(25)23(2)20(18)16-6-4-3-5-7-16/h3-11,18,20H,12-13H2,1-2H3,(H,22,26)/t18-,20+/m1/s1. The van der Waals surface area contributed by atoms with Gasteiger partial charge in [-0.25, -0.2) is 0 Å². The Balaban J connectivity index is 1.81. The number of rotatable bonds is 4. The van der Waals surface area contributed by atoms with Crippen LogP contribution in [0.1, 0.15) is 41.7 Å². The van der Waals surface area contributed by atoms with Gasteiger partial charge in [0.25, 0.3) is 0 Å². The van der Waals surface area contributed by atoms with Crippen molar-refractivity contribution < 1.29 is 14.4 Å². The smallest absolute Gasteiger partial charge is 0.229 e. The number of ketones is 1. The Morgan fingerprint density at radius 1 is 1.04 bits per heavy atom. The number of likely N-dealkylation sites (tertiary alicyclic amines) is 1. The normalized spacial score (nSPS) is 19.9. The van der Waals surface area contributed by atoms with Crippen LogP contribution in [0.25, 0.3) is 0 Å². The van der Waals surface area contributed by atoms with Gasteiger partial charge < -0.3 is 10.2 Å². The molecule has 1 saturated heterocycles. The van der Waals surface area contributed by atoms with E-state index in [1.165, 1.54) is 6.92 Å². The van der Waals surface area contributed by atoms with Gasteiger partial charge in [0.15, 0.2) is 5.78 Å². The van der Waals surface area contributed by atoms with Gasteiger partial charge in [-0.3, -0.25) is 14.4 Å². The van der Waals surface area contributed by atoms with E-state index in [1.54, 1.807) is 36.2 Å². The first-order valence-corrected chi connectivity index (χ1v) is 8.70. The number of Topliss-reactive ketones (excluding diaryl/α,β-unsaturated/α-hetero) is 1. The van der Waals surface area contributed by atoms with E-state index in [4.69, 9.17) is 0 Å². The average molecular weight is 350 g/mol. The van der Waals surface area contributed by atoms with Crippen LogP contribution >= 0.6 is 0 Å². The van der Waals surface area contributed by atoms with E-state index < -0.39 is 0 Å². The number of nitrogens with one attached hydrogen (secondary N) is 1. The van der Waals surface area contributed by atoms with E-state index >= 15 is 0 Å². The number of piperidine rings is 1. The largest absolute Gasteiger partial charge is 0.338 e. The zero-order chi connectivity index (χ0) is 18.7. The number of carbonyl (C=O) groups excluding carboxylic acids is 3. The van der Waals surface area contributed by atoms with E-state index in [1.807, 2.05) is 30.3 Å². The van der Waals surface area contributed by atoms with Crippen LogP contribution in [-0.2, 0) is 9.59 Å². The maximum absolute atomic E-state index is 12.9. The quantitative estimate of drug-likeness (QED) is 0.859. The van der Waals surface area contributed by atoms with Crippen molar-refractivity contribution in [2.24, 2.45) is 5.92 Å². The maximum atomic E-state index is 12.9. The number of anilines is 1. The van der Waals surface area contributed by atoms with Crippen LogP contribution in [0.3, 0.4) is 0 Å². The average Bonchev–Trinajstić information content (AvgIpc) is 2.65. The lowest BCUT2D eigenvalue weighted by Crippen LogP contribution is -2.44. The molecule has 2 atom stereocenters. The summed E-state index contributed by atoms with van der Waals surface area (Å²) in [7, 11) is 1.75. The van der Waals surface area contributed by atoms with E-state index in [2.05, 4.69) is 5.32 Å². The van der Waals surface area contributed by atoms with E-state index in [0.717, 1.165) is 5.56 Å². The lowest BCUT2D eigenvalue weighted by Gasteiger charge is -2.38. The van der Waals surface area contributed by atoms with Crippen molar-refractivity contribution in [3.05, 3.63) is 65.7 Å². The lowest BCUT2D eigenvalue weighted by atomic mass is 9.84. The first-order chi connectivity index (χ1) is 12.5. The first kappa shape index (κ1) is 17.9. The second kappa shape index (κ2) is 7.52. The van der Waals surface area contributed by atoms with Crippen LogP contribution in [0.15, 0.2) is 54.6 Å². The van der Waals surface area contributed by atoms with Gasteiger partial charge in [0.1, 0.15) is 0 Å². The molecule has 1 aliphatic heterocycles. The maximum Gasteiger partial charge on any atom is 0.229 e. The Morgan fingerprint density at radius 3 is 2.31 bits per heavy atom. The highest BCUT2D eigenvalue weighted by molar-refractivity contribution is 5.97. The van der Waals surface area contributed by atoms with Crippen molar-refractivity contribution in [2.45, 2.75) is 25.8 Å². The molecule has 2 aromatic carbocycles. The molecule has 2 aromatic rings. The van der Waals surface area contributed by atoms with E-state index in [0.29, 0.717) is 24.1 Å². The summed E-state index contributed by atoms with van der Waals surface area (Å²) in [5.74, 6) is -0.408. The van der Waals surface area contributed by atoms with Crippen LogP contribution in [0.2, 0.25) is 0 Å². The Morgan fingerprint density at radius 2 is 1.69 bits per heavy atom. The van der Waals surface area contributed by atoms with E-state index in [9.17, 15) is 14.4 Å². The highest BCUT2D eigenvalue weighted by atomic mass is 16.2. The molecule has 0 aliphatic carbocycles. The summed E-state index contributed by atoms with van der Waals surface area (Å²) in [5, 5.41) is 2.92. The summed E-state index contributed by atoms with van der Waals surface area (Å²) in [6.45, 7) is 1.51. The third-order valence-electron chi connectivity index (χ3n) is 4.90. The van der Waals surface area contributed by atoms with Gasteiger partial charge in [0.05, 0.1) is 12.0 Å². The van der Waals surface area contributed by atoms with E-state index in [-0.39, 0.29) is 29.6 Å². The molecule has 3 rings (SSSR count). The fourth-order valence-corrected chi connectivity index (χ4v) is 3.44. The molecule has 1 fully saturated rings. The number of amides is 2. The van der Waals surface area contributed by atoms with Gasteiger partial charge in [0.2, 0.25) is 11.8 Å². The lowest BCUT2D eigenvalue weighted by molar-refractivity contribution is -0.140. The minimum Gasteiger partial charge on any atom is -0.338 e. The Hall–Kier alpha value is -2.95. The number of nitrogens with zero attached hydrogens (tertiary/aromatic N) is 1. The molecule has 1 aliphatic rings. The number of hydrogen-bond donors (Lipinski definition) is 1. The van der Waals surface area contributed by atoms with Gasteiger partial charge in [-0.15, -0.1) is 0 Å². The molecule has 0 saturated carbocycles. The topological polar surface area (TPSA) is 66.5 Å². The molecule has 1 heterocycles. The fourth-order valence-electron chi connectivity index (χ4n) is 3.44. The van der Waals surface area contributed by atoms with Crippen molar-refractivity contribution in [1.82, 2.24) is 4.90 Å². The second-order valence-corrected chi connectivity index (χ2v) is 6.63. The minimum atomic E-state index is -0.326. The summed E-state index contributed by atoms with van der Waals surface area (Å²) >= 11 is 0. The van der Waals surface area contributed by atoms with Gasteiger partial charge in [-0.1, -0.05) is 30.3 Å². The third kappa shape index (κ3) is 3.67. The molecular formula is C21H22N2O3. The Labute approximate surface area is 153 Å². The van der Waals surface area contributed by atoms with Crippen LogP contribution in [0, 0.1) is 5.92 Å². The molecule has 0 radical (unpaired) electrons. The molecule has 0 aromatic heterocycles. The predicted octanol–water partition coefficient (Wildman–Crippen LogP) is 3.44. The molecule has 0 spiro atoms. The zero-order valence-corrected chi connectivity index (χ0v) is 14.9. The van der Waals surface area contributed by atoms with Crippen LogP contribution < -0.4 is 5.32 Å². The molecule has 5 nitrogen and oxygen atoms in total. The van der Waals surface area contributed by atoms with Gasteiger partial charge >= 0.3 is 0 Å². The monoisotopic (exact) mass is 350 g/mol. The summed E-state index contributed by atoms with van der Waals surface area (Å²) in [5.41, 5.74) is 2.20. The molecule has 2 amide bonds. The number of benzene rings is 2. The van der Waals surface area contributed by atoms with Crippen LogP contribution in [-0.4, -0.2) is 29.5 Å². The second-order valence-electron chi connectivity index (χ2n) is 6.63. The molecule has 0 unspecified atom stereocenters. The summed E-state index contributed by atoms with van der Waals surface area (Å²) in [6.07, 6.45) is 0.876. The van der Waals surface area contributed by atoms with Gasteiger partial charge in [-0.2, -0.15) is 0 Å². The minimum absolute atomic E-state index is 0.0144. The van der Waals surface area contributed by atoms with Gasteiger partial charge in [0, 0.05) is 24.7 Å². The summed E-state index contributed by atoms with van der Waals surface area (Å²) < 4.78 is 0. The molecule has 5 heteroatoms. The molecular weight excluding hydrogens is 328 g/mol. The number of carbonyl (C=O) groups is 3. The molecule has 26 heavy (non-hydrogen) atoms. The molecule has 0 bridgehead atoms. The predicted molar refractivity (Wildman–Crippen MR) is 99.8 cm³/mol. The van der Waals surface area contributed by atoms with Crippen molar-refractivity contribution in [1.29, 1.82) is 0 Å². The Bertz CT molecular complexity index is 815. The van der Waals surface area contributed by atoms with Crippen molar-refractivity contribution in [2.75, 3.05) is 12.4 Å². The third-order valence-corrected chi connectivity index (χ3v) is 4.90. The first-order valence-electron chi connectivity index (χ1n) is 8.70. The molecule has 134 valence electrons. The summed E-state index contributed by atoms with van der Waals surface area (Å²) in [6, 6.07) is 16.2. The highest BCUT2D eigenvalue weighted by Gasteiger charge is 2.38. The SMILES string of the molecule is CC(=O)c1ccc(NC(=O)[C@@H]2CCC(=O)N(C)[C@H]2c2ccccc2)cc1. The number of hydrogen-bond acceptors (Lipinski definition) is 3. The highest BCUT2D eigenvalue weighted by Crippen LogP contribution is 2.36. The van der Waals surface area contributed by atoms with Crippen LogP contribution in [0.4, 0.5) is 5.69 Å². The van der Waals surface area contributed by atoms with Crippen molar-refractivity contribution in [3.63, 3.8) is 0 Å². The summed E-state index contributed by atoms with van der Waals surface area (Å²) in [4.78, 5) is 38.1. The molecule has 1 N–H and O–H groups in total. The fraction of sp³-hybridized carbons (Fsp3) is 0.286. The van der Waals surface area contributed by atoms with Gasteiger partial charge in [-0.05, 0) is 43.2 Å². The van der Waals surface area contributed by atoms with Crippen molar-refractivity contribution >= 4 is 23.3 Å². The zero-order valence-electron chi connectivity index (χ0n) is 14.9. The Kier molecular flexibility index (Phi) is 5.16.